The number of amides is 3. The van der Waals surface area contributed by atoms with Gasteiger partial charge in [-0.25, -0.2) is 4.79 Å². The van der Waals surface area contributed by atoms with E-state index in [9.17, 15) is 14.4 Å². The topological polar surface area (TPSA) is 83.4 Å². The highest BCUT2D eigenvalue weighted by atomic mass is 16.2. The predicted molar refractivity (Wildman–Crippen MR) is 85.5 cm³/mol. The number of hydrogen-bond donors (Lipinski definition) is 2. The molecular formula is C16H18N4O3. The molecule has 0 radical (unpaired) electrons. The van der Waals surface area contributed by atoms with Crippen LogP contribution in [0.3, 0.4) is 0 Å². The van der Waals surface area contributed by atoms with Gasteiger partial charge in [0.15, 0.2) is 0 Å². The second-order valence-corrected chi connectivity index (χ2v) is 5.42. The van der Waals surface area contributed by atoms with Gasteiger partial charge in [0.1, 0.15) is 0 Å². The molecule has 3 amide bonds. The molecule has 23 heavy (non-hydrogen) atoms. The molecule has 0 bridgehead atoms. The maximum Gasteiger partial charge on any atom is 0.317 e. The van der Waals surface area contributed by atoms with Gasteiger partial charge in [-0.1, -0.05) is 18.2 Å². The van der Waals surface area contributed by atoms with Crippen LogP contribution in [0.2, 0.25) is 0 Å². The molecule has 0 atom stereocenters. The van der Waals surface area contributed by atoms with Gasteiger partial charge in [-0.15, -0.1) is 0 Å². The monoisotopic (exact) mass is 314 g/mol. The first-order valence-electron chi connectivity index (χ1n) is 7.50. The molecule has 2 aromatic rings. The number of urea groups is 1. The molecule has 3 rings (SSSR count). The SMILES string of the molecule is CC(=O)n1cc(C(=O)NCCN2CCNC2=O)c2ccccc21. The molecule has 1 aliphatic heterocycles. The summed E-state index contributed by atoms with van der Waals surface area (Å²) >= 11 is 0. The minimum absolute atomic E-state index is 0.104. The highest BCUT2D eigenvalue weighted by Gasteiger charge is 2.20. The maximum atomic E-state index is 12.4. The van der Waals surface area contributed by atoms with Crippen LogP contribution in [0, 0.1) is 0 Å². The number of benzene rings is 1. The highest BCUT2D eigenvalue weighted by molar-refractivity contribution is 6.09. The van der Waals surface area contributed by atoms with Crippen molar-refractivity contribution in [1.82, 2.24) is 20.1 Å². The smallest absolute Gasteiger partial charge is 0.317 e. The molecule has 1 fully saturated rings. The largest absolute Gasteiger partial charge is 0.350 e. The zero-order chi connectivity index (χ0) is 16.4. The lowest BCUT2D eigenvalue weighted by Gasteiger charge is -2.14. The normalized spacial score (nSPS) is 14.1. The quantitative estimate of drug-likeness (QED) is 0.885. The number of carbonyl (C=O) groups excluding carboxylic acids is 3. The average Bonchev–Trinajstić information content (AvgIpc) is 3.11. The van der Waals surface area contributed by atoms with E-state index in [1.54, 1.807) is 11.1 Å². The van der Waals surface area contributed by atoms with Crippen molar-refractivity contribution in [3.63, 3.8) is 0 Å². The van der Waals surface area contributed by atoms with Crippen LogP contribution in [-0.2, 0) is 0 Å². The number of aromatic nitrogens is 1. The number of para-hydroxylation sites is 1. The average molecular weight is 314 g/mol. The Balaban J connectivity index is 1.73. The molecule has 7 heteroatoms. The summed E-state index contributed by atoms with van der Waals surface area (Å²) in [5.74, 6) is -0.394. The Labute approximate surface area is 133 Å². The number of fused-ring (bicyclic) bond motifs is 1. The van der Waals surface area contributed by atoms with Crippen molar-refractivity contribution < 1.29 is 14.4 Å². The third kappa shape index (κ3) is 2.90. The lowest BCUT2D eigenvalue weighted by molar-refractivity contribution is 0.0941. The molecule has 0 saturated carbocycles. The van der Waals surface area contributed by atoms with E-state index in [2.05, 4.69) is 10.6 Å². The van der Waals surface area contributed by atoms with Gasteiger partial charge in [0.25, 0.3) is 5.91 Å². The number of rotatable bonds is 4. The molecule has 2 heterocycles. The molecule has 7 nitrogen and oxygen atoms in total. The molecule has 1 aromatic carbocycles. The predicted octanol–water partition coefficient (Wildman–Crippen LogP) is 1.06. The Morgan fingerprint density at radius 1 is 1.30 bits per heavy atom. The van der Waals surface area contributed by atoms with Gasteiger partial charge >= 0.3 is 6.03 Å². The summed E-state index contributed by atoms with van der Waals surface area (Å²) in [5.41, 5.74) is 1.17. The lowest BCUT2D eigenvalue weighted by Crippen LogP contribution is -2.36. The van der Waals surface area contributed by atoms with E-state index in [1.165, 1.54) is 11.5 Å². The van der Waals surface area contributed by atoms with Crippen molar-refractivity contribution in [3.8, 4) is 0 Å². The molecule has 1 aliphatic rings. The maximum absolute atomic E-state index is 12.4. The third-order valence-electron chi connectivity index (χ3n) is 3.91. The van der Waals surface area contributed by atoms with Gasteiger partial charge in [0, 0.05) is 44.7 Å². The molecule has 0 spiro atoms. The Morgan fingerprint density at radius 3 is 2.78 bits per heavy atom. The molecule has 0 unspecified atom stereocenters. The highest BCUT2D eigenvalue weighted by Crippen LogP contribution is 2.21. The zero-order valence-electron chi connectivity index (χ0n) is 12.8. The summed E-state index contributed by atoms with van der Waals surface area (Å²) in [6.07, 6.45) is 1.56. The second-order valence-electron chi connectivity index (χ2n) is 5.42. The lowest BCUT2D eigenvalue weighted by atomic mass is 10.1. The summed E-state index contributed by atoms with van der Waals surface area (Å²) in [6.45, 7) is 3.58. The van der Waals surface area contributed by atoms with E-state index in [0.29, 0.717) is 37.3 Å². The van der Waals surface area contributed by atoms with Crippen LogP contribution in [0.5, 0.6) is 0 Å². The number of hydrogen-bond acceptors (Lipinski definition) is 3. The van der Waals surface area contributed by atoms with Gasteiger partial charge in [-0.2, -0.15) is 0 Å². The Morgan fingerprint density at radius 2 is 2.09 bits per heavy atom. The van der Waals surface area contributed by atoms with Gasteiger partial charge in [0.05, 0.1) is 11.1 Å². The Hall–Kier alpha value is -2.83. The number of nitrogens with zero attached hydrogens (tertiary/aromatic N) is 2. The third-order valence-corrected chi connectivity index (χ3v) is 3.91. The van der Waals surface area contributed by atoms with Crippen LogP contribution in [0.1, 0.15) is 22.1 Å². The van der Waals surface area contributed by atoms with E-state index in [0.717, 1.165) is 5.39 Å². The van der Waals surface area contributed by atoms with Crippen LogP contribution in [0.4, 0.5) is 4.79 Å². The molecule has 1 aromatic heterocycles. The standard InChI is InChI=1S/C16H18N4O3/c1-11(21)20-10-13(12-4-2-3-5-14(12)20)15(22)17-6-8-19-9-7-18-16(19)23/h2-5,10H,6-9H2,1H3,(H,17,22)(H,18,23). The zero-order valence-corrected chi connectivity index (χ0v) is 12.8. The molecule has 120 valence electrons. The summed E-state index contributed by atoms with van der Waals surface area (Å²) in [6, 6.07) is 7.18. The molecule has 1 saturated heterocycles. The van der Waals surface area contributed by atoms with Crippen molar-refractivity contribution in [1.29, 1.82) is 0 Å². The molecular weight excluding hydrogens is 296 g/mol. The van der Waals surface area contributed by atoms with E-state index in [4.69, 9.17) is 0 Å². The number of carbonyl (C=O) groups is 3. The summed E-state index contributed by atoms with van der Waals surface area (Å²) in [4.78, 5) is 37.2. The Kier molecular flexibility index (Phi) is 4.01. The minimum Gasteiger partial charge on any atom is -0.350 e. The first kappa shape index (κ1) is 15.1. The van der Waals surface area contributed by atoms with Crippen LogP contribution in [0.25, 0.3) is 10.9 Å². The minimum atomic E-state index is -0.249. The summed E-state index contributed by atoms with van der Waals surface area (Å²) in [5, 5.41) is 6.25. The van der Waals surface area contributed by atoms with E-state index >= 15 is 0 Å². The fourth-order valence-electron chi connectivity index (χ4n) is 2.75. The van der Waals surface area contributed by atoms with Gasteiger partial charge in [0.2, 0.25) is 5.91 Å². The van der Waals surface area contributed by atoms with Crippen molar-refractivity contribution >= 4 is 28.7 Å². The fraction of sp³-hybridized carbons (Fsp3) is 0.312. The molecule has 2 N–H and O–H groups in total. The summed E-state index contributed by atoms with van der Waals surface area (Å²) in [7, 11) is 0. The second kappa shape index (κ2) is 6.12. The first-order valence-corrected chi connectivity index (χ1v) is 7.50. The van der Waals surface area contributed by atoms with Crippen molar-refractivity contribution in [2.75, 3.05) is 26.2 Å². The van der Waals surface area contributed by atoms with Crippen molar-refractivity contribution in [3.05, 3.63) is 36.0 Å². The summed E-state index contributed by atoms with van der Waals surface area (Å²) < 4.78 is 1.47. The van der Waals surface area contributed by atoms with Gasteiger partial charge < -0.3 is 15.5 Å². The van der Waals surface area contributed by atoms with Gasteiger partial charge in [-0.3, -0.25) is 14.2 Å². The molecule has 0 aliphatic carbocycles. The van der Waals surface area contributed by atoms with E-state index < -0.39 is 0 Å². The van der Waals surface area contributed by atoms with Crippen molar-refractivity contribution in [2.24, 2.45) is 0 Å². The van der Waals surface area contributed by atoms with Crippen LogP contribution in [-0.4, -0.2) is 53.5 Å². The van der Waals surface area contributed by atoms with Crippen molar-refractivity contribution in [2.45, 2.75) is 6.92 Å². The van der Waals surface area contributed by atoms with Crippen LogP contribution < -0.4 is 10.6 Å². The Bertz CT molecular complexity index is 781. The van der Waals surface area contributed by atoms with Crippen LogP contribution >= 0.6 is 0 Å². The number of nitrogens with one attached hydrogen (secondary N) is 2. The van der Waals surface area contributed by atoms with E-state index in [-0.39, 0.29) is 17.8 Å². The fourth-order valence-corrected chi connectivity index (χ4v) is 2.75. The first-order chi connectivity index (χ1) is 11.1. The van der Waals surface area contributed by atoms with Crippen LogP contribution in [0.15, 0.2) is 30.5 Å². The van der Waals surface area contributed by atoms with Gasteiger partial charge in [-0.05, 0) is 6.07 Å². The van der Waals surface area contributed by atoms with E-state index in [1.807, 2.05) is 24.3 Å².